The Labute approximate surface area is 160 Å². The Balaban J connectivity index is 4.19. The predicted octanol–water partition coefficient (Wildman–Crippen LogP) is 5.45. The van der Waals surface area contributed by atoms with Gasteiger partial charge in [0.05, 0.1) is 22.7 Å². The first-order valence-electron chi connectivity index (χ1n) is 9.34. The lowest BCUT2D eigenvalue weighted by molar-refractivity contribution is -0.427. The van der Waals surface area contributed by atoms with E-state index in [1.807, 2.05) is 25.4 Å². The molecule has 0 saturated carbocycles. The molecule has 0 aliphatic carbocycles. The number of hydrogen-bond acceptors (Lipinski definition) is 5. The van der Waals surface area contributed by atoms with Crippen LogP contribution in [0.15, 0.2) is 47.9 Å². The smallest absolute Gasteiger partial charge is 0.246 e. The summed E-state index contributed by atoms with van der Waals surface area (Å²) < 4.78 is 0. The zero-order valence-corrected chi connectivity index (χ0v) is 16.0. The molecule has 0 unspecified atom stereocenters. The van der Waals surface area contributed by atoms with Crippen molar-refractivity contribution in [1.29, 1.82) is 0 Å². The van der Waals surface area contributed by atoms with Gasteiger partial charge in [-0.1, -0.05) is 44.1 Å². The maximum atomic E-state index is 11.0. The average Bonchev–Trinajstić information content (AvgIpc) is 2.63. The first-order chi connectivity index (χ1) is 13.0. The highest BCUT2D eigenvalue weighted by molar-refractivity contribution is 5.50. The van der Waals surface area contributed by atoms with E-state index in [4.69, 9.17) is 0 Å². The first-order valence-corrected chi connectivity index (χ1v) is 9.34. The summed E-state index contributed by atoms with van der Waals surface area (Å²) in [5, 5.41) is 21.8. The summed E-state index contributed by atoms with van der Waals surface area (Å²) in [6.07, 6.45) is 18.6. The maximum absolute atomic E-state index is 11.0. The van der Waals surface area contributed by atoms with Crippen molar-refractivity contribution in [1.82, 2.24) is 0 Å². The number of nitro groups is 2. The van der Waals surface area contributed by atoms with Gasteiger partial charge in [0.2, 0.25) is 11.4 Å². The summed E-state index contributed by atoms with van der Waals surface area (Å²) in [6, 6.07) is 0. The summed E-state index contributed by atoms with van der Waals surface area (Å²) >= 11 is 0. The van der Waals surface area contributed by atoms with Gasteiger partial charge >= 0.3 is 0 Å². The minimum absolute atomic E-state index is 0.179. The predicted molar refractivity (Wildman–Crippen MR) is 106 cm³/mol. The molecule has 0 spiro atoms. The molecule has 0 bridgehead atoms. The summed E-state index contributed by atoms with van der Waals surface area (Å²) in [7, 11) is 0. The third-order valence-corrected chi connectivity index (χ3v) is 3.78. The Morgan fingerprint density at radius 1 is 0.852 bits per heavy atom. The lowest BCUT2D eigenvalue weighted by Crippen LogP contribution is -1.97. The highest BCUT2D eigenvalue weighted by atomic mass is 16.6. The van der Waals surface area contributed by atoms with E-state index < -0.39 is 0 Å². The quantitative estimate of drug-likeness (QED) is 0.154. The molecule has 0 aliphatic rings. The van der Waals surface area contributed by atoms with E-state index in [0.29, 0.717) is 25.7 Å². The van der Waals surface area contributed by atoms with Gasteiger partial charge in [0.25, 0.3) is 0 Å². The molecule has 0 fully saturated rings. The summed E-state index contributed by atoms with van der Waals surface area (Å²) in [6.45, 7) is 1.85. The fourth-order valence-electron chi connectivity index (χ4n) is 2.34. The third-order valence-electron chi connectivity index (χ3n) is 3.78. The van der Waals surface area contributed by atoms with Crippen molar-refractivity contribution in [2.24, 2.45) is 0 Å². The van der Waals surface area contributed by atoms with Crippen LogP contribution in [0.5, 0.6) is 0 Å². The Kier molecular flexibility index (Phi) is 15.3. The molecule has 1 radical (unpaired) electrons. The van der Waals surface area contributed by atoms with Crippen LogP contribution in [0.2, 0.25) is 0 Å². The molecule has 0 aromatic rings. The SMILES string of the molecule is CC/C=C(\C/C=C\C/C=C\C/C(=C\CCCCCC[C]=O)[N+](=O)[O-])[N+](=O)[O-]. The number of carbonyl (C=O) groups excluding carboxylic acids is 1. The van der Waals surface area contributed by atoms with Crippen LogP contribution in [0.1, 0.15) is 71.1 Å². The Hall–Kier alpha value is -2.57. The van der Waals surface area contributed by atoms with Crippen molar-refractivity contribution in [2.45, 2.75) is 71.1 Å². The van der Waals surface area contributed by atoms with Crippen LogP contribution in [0, 0.1) is 20.2 Å². The molecule has 0 rings (SSSR count). The van der Waals surface area contributed by atoms with E-state index in [1.165, 1.54) is 0 Å². The molecule has 0 heterocycles. The van der Waals surface area contributed by atoms with Crippen molar-refractivity contribution in [3.05, 3.63) is 68.1 Å². The average molecular weight is 377 g/mol. The van der Waals surface area contributed by atoms with Crippen molar-refractivity contribution in [3.63, 3.8) is 0 Å². The van der Waals surface area contributed by atoms with Crippen LogP contribution >= 0.6 is 0 Å². The van der Waals surface area contributed by atoms with E-state index in [0.717, 1.165) is 25.7 Å². The van der Waals surface area contributed by atoms with E-state index >= 15 is 0 Å². The topological polar surface area (TPSA) is 103 Å². The fraction of sp³-hybridized carbons (Fsp3) is 0.550. The summed E-state index contributed by atoms with van der Waals surface area (Å²) in [5.41, 5.74) is 0.360. The van der Waals surface area contributed by atoms with E-state index in [-0.39, 0.29) is 34.1 Å². The van der Waals surface area contributed by atoms with Gasteiger partial charge in [-0.3, -0.25) is 25.0 Å². The highest BCUT2D eigenvalue weighted by Gasteiger charge is 2.07. The van der Waals surface area contributed by atoms with Crippen molar-refractivity contribution < 1.29 is 14.6 Å². The van der Waals surface area contributed by atoms with Crippen LogP contribution in [-0.4, -0.2) is 16.1 Å². The number of unbranched alkanes of at least 4 members (excludes halogenated alkanes) is 5. The van der Waals surface area contributed by atoms with Gasteiger partial charge in [0, 0.05) is 6.42 Å². The third kappa shape index (κ3) is 14.3. The molecule has 0 saturated heterocycles. The lowest BCUT2D eigenvalue weighted by Gasteiger charge is -1.97. The summed E-state index contributed by atoms with van der Waals surface area (Å²) in [5.74, 6) is 0. The normalized spacial score (nSPS) is 12.8. The molecule has 149 valence electrons. The van der Waals surface area contributed by atoms with Crippen LogP contribution in [0.3, 0.4) is 0 Å². The molecule has 0 amide bonds. The lowest BCUT2D eigenvalue weighted by atomic mass is 10.1. The molecule has 0 aromatic heterocycles. The fourth-order valence-corrected chi connectivity index (χ4v) is 2.34. The van der Waals surface area contributed by atoms with Crippen LogP contribution < -0.4 is 0 Å². The molecule has 0 N–H and O–H groups in total. The van der Waals surface area contributed by atoms with Gasteiger partial charge in [-0.2, -0.15) is 0 Å². The van der Waals surface area contributed by atoms with Crippen molar-refractivity contribution >= 4 is 6.29 Å². The molecule has 27 heavy (non-hydrogen) atoms. The number of allylic oxidation sites excluding steroid dienone is 6. The van der Waals surface area contributed by atoms with Gasteiger partial charge < -0.3 is 0 Å². The molecular weight excluding hydrogens is 348 g/mol. The Bertz CT molecular complexity index is 577. The molecule has 0 aromatic carbocycles. The first kappa shape index (κ1) is 24.4. The molecule has 0 aliphatic heterocycles. The Morgan fingerprint density at radius 3 is 1.93 bits per heavy atom. The van der Waals surface area contributed by atoms with E-state index in [9.17, 15) is 25.0 Å². The van der Waals surface area contributed by atoms with Gasteiger partial charge in [-0.25, -0.2) is 0 Å². The largest absolute Gasteiger partial charge is 0.291 e. The second-order valence-corrected chi connectivity index (χ2v) is 6.00. The van der Waals surface area contributed by atoms with Crippen LogP contribution in [0.4, 0.5) is 0 Å². The number of rotatable bonds is 16. The molecular formula is C20H29N2O5. The molecule has 0 atom stereocenters. The van der Waals surface area contributed by atoms with Gasteiger partial charge in [-0.05, 0) is 44.3 Å². The standard InChI is InChI=1S/C20H29N2O5/c1-2-14-19(21(24)25)15-10-7-5-8-12-17-20(22(26)27)16-11-6-3-4-9-13-18-23/h7-8,10,12,14,16H,2-6,9,11,13,15,17H2,1H3/b10-7-,12-8-,19-14+,20-16+. The minimum atomic E-state index is -0.376. The van der Waals surface area contributed by atoms with Crippen molar-refractivity contribution in [3.8, 4) is 0 Å². The van der Waals surface area contributed by atoms with Gasteiger partial charge in [-0.15, -0.1) is 0 Å². The summed E-state index contributed by atoms with van der Waals surface area (Å²) in [4.78, 5) is 31.2. The van der Waals surface area contributed by atoms with Crippen molar-refractivity contribution in [2.75, 3.05) is 0 Å². The Morgan fingerprint density at radius 2 is 1.41 bits per heavy atom. The monoisotopic (exact) mass is 377 g/mol. The zero-order valence-electron chi connectivity index (χ0n) is 16.0. The van der Waals surface area contributed by atoms with E-state index in [1.54, 1.807) is 24.3 Å². The minimum Gasteiger partial charge on any atom is -0.291 e. The van der Waals surface area contributed by atoms with Crippen LogP contribution in [0.25, 0.3) is 0 Å². The highest BCUT2D eigenvalue weighted by Crippen LogP contribution is 2.10. The number of nitrogens with zero attached hydrogens (tertiary/aromatic N) is 2. The molecule has 7 nitrogen and oxygen atoms in total. The van der Waals surface area contributed by atoms with E-state index in [2.05, 4.69) is 0 Å². The maximum Gasteiger partial charge on any atom is 0.246 e. The van der Waals surface area contributed by atoms with Crippen LogP contribution in [-0.2, 0) is 4.79 Å². The zero-order chi connectivity index (χ0) is 20.3. The van der Waals surface area contributed by atoms with Gasteiger partial charge in [0.15, 0.2) is 6.29 Å². The second kappa shape index (κ2) is 16.9. The number of hydrogen-bond donors (Lipinski definition) is 0. The second-order valence-electron chi connectivity index (χ2n) is 6.00. The van der Waals surface area contributed by atoms with Gasteiger partial charge in [0.1, 0.15) is 0 Å². The molecule has 7 heteroatoms.